The SMILES string of the molecule is FC1(F)CCN(C2CCc3ccc(Br)cc32)CC1. The first-order chi connectivity index (χ1) is 8.55. The summed E-state index contributed by atoms with van der Waals surface area (Å²) in [5.74, 6) is -2.45. The van der Waals surface area contributed by atoms with Gasteiger partial charge >= 0.3 is 0 Å². The molecule has 2 aliphatic rings. The predicted octanol–water partition coefficient (Wildman–Crippen LogP) is 4.17. The maximum atomic E-state index is 13.2. The number of hydrogen-bond donors (Lipinski definition) is 0. The standard InChI is InChI=1S/C14H16BrF2N/c15-11-3-1-10-2-4-13(12(10)9-11)18-7-5-14(16,17)6-8-18/h1,3,9,13H,2,4-8H2. The highest BCUT2D eigenvalue weighted by molar-refractivity contribution is 9.10. The molecule has 1 fully saturated rings. The van der Waals surface area contributed by atoms with Gasteiger partial charge in [0.1, 0.15) is 0 Å². The fourth-order valence-corrected chi connectivity index (χ4v) is 3.47. The lowest BCUT2D eigenvalue weighted by Crippen LogP contribution is -2.40. The van der Waals surface area contributed by atoms with Crippen molar-refractivity contribution < 1.29 is 8.78 Å². The third kappa shape index (κ3) is 2.32. The summed E-state index contributed by atoms with van der Waals surface area (Å²) in [6.45, 7) is 1.03. The van der Waals surface area contributed by atoms with Gasteiger partial charge in [-0.05, 0) is 36.1 Å². The van der Waals surface area contributed by atoms with Gasteiger partial charge in [0, 0.05) is 36.4 Å². The number of nitrogens with zero attached hydrogens (tertiary/aromatic N) is 1. The van der Waals surface area contributed by atoms with E-state index in [-0.39, 0.29) is 12.8 Å². The third-order valence-corrected chi connectivity index (χ3v) is 4.62. The van der Waals surface area contributed by atoms with E-state index in [1.807, 2.05) is 0 Å². The quantitative estimate of drug-likeness (QED) is 0.752. The van der Waals surface area contributed by atoms with E-state index < -0.39 is 5.92 Å². The Balaban J connectivity index is 1.78. The minimum Gasteiger partial charge on any atom is -0.296 e. The van der Waals surface area contributed by atoms with Crippen LogP contribution in [0.15, 0.2) is 22.7 Å². The van der Waals surface area contributed by atoms with E-state index in [1.54, 1.807) is 0 Å². The van der Waals surface area contributed by atoms with Crippen LogP contribution in [0.2, 0.25) is 0 Å². The van der Waals surface area contributed by atoms with E-state index in [0.717, 1.165) is 17.3 Å². The molecule has 1 aromatic carbocycles. The topological polar surface area (TPSA) is 3.24 Å². The second-order valence-electron chi connectivity index (χ2n) is 5.29. The molecule has 98 valence electrons. The molecule has 0 radical (unpaired) electrons. The summed E-state index contributed by atoms with van der Waals surface area (Å²) in [4.78, 5) is 2.23. The molecular weight excluding hydrogens is 300 g/mol. The zero-order valence-electron chi connectivity index (χ0n) is 10.1. The molecule has 0 N–H and O–H groups in total. The van der Waals surface area contributed by atoms with Gasteiger partial charge in [0.2, 0.25) is 0 Å². The summed E-state index contributed by atoms with van der Waals surface area (Å²) in [5, 5.41) is 0. The van der Waals surface area contributed by atoms with Gasteiger partial charge in [-0.1, -0.05) is 22.0 Å². The van der Waals surface area contributed by atoms with Crippen molar-refractivity contribution in [2.45, 2.75) is 37.6 Å². The predicted molar refractivity (Wildman–Crippen MR) is 71.0 cm³/mol. The molecule has 0 aromatic heterocycles. The Labute approximate surface area is 114 Å². The van der Waals surface area contributed by atoms with Gasteiger partial charge in [-0.25, -0.2) is 8.78 Å². The first-order valence-electron chi connectivity index (χ1n) is 6.45. The Bertz CT molecular complexity index is 451. The number of likely N-dealkylation sites (tertiary alicyclic amines) is 1. The van der Waals surface area contributed by atoms with Crippen LogP contribution in [0.3, 0.4) is 0 Å². The van der Waals surface area contributed by atoms with Crippen LogP contribution in [0.4, 0.5) is 8.78 Å². The van der Waals surface area contributed by atoms with Crippen LogP contribution < -0.4 is 0 Å². The summed E-state index contributed by atoms with van der Waals surface area (Å²) in [6.07, 6.45) is 2.15. The van der Waals surface area contributed by atoms with Gasteiger partial charge in [-0.15, -0.1) is 0 Å². The Kier molecular flexibility index (Phi) is 3.18. The van der Waals surface area contributed by atoms with E-state index in [2.05, 4.69) is 39.0 Å². The molecule has 1 aliphatic heterocycles. The monoisotopic (exact) mass is 315 g/mol. The smallest absolute Gasteiger partial charge is 0.250 e. The highest BCUT2D eigenvalue weighted by Crippen LogP contribution is 2.40. The molecule has 1 aromatic rings. The minimum atomic E-state index is -2.45. The molecule has 1 atom stereocenters. The molecule has 0 amide bonds. The molecule has 0 saturated carbocycles. The van der Waals surface area contributed by atoms with Gasteiger partial charge in [0.25, 0.3) is 5.92 Å². The number of rotatable bonds is 1. The Morgan fingerprint density at radius 3 is 2.67 bits per heavy atom. The molecule has 0 spiro atoms. The Hall–Kier alpha value is -0.480. The van der Waals surface area contributed by atoms with Crippen molar-refractivity contribution in [3.05, 3.63) is 33.8 Å². The van der Waals surface area contributed by atoms with E-state index in [4.69, 9.17) is 0 Å². The van der Waals surface area contributed by atoms with Crippen molar-refractivity contribution in [2.75, 3.05) is 13.1 Å². The van der Waals surface area contributed by atoms with E-state index in [1.165, 1.54) is 11.1 Å². The Morgan fingerprint density at radius 2 is 1.94 bits per heavy atom. The lowest BCUT2D eigenvalue weighted by Gasteiger charge is -2.36. The largest absolute Gasteiger partial charge is 0.296 e. The molecule has 18 heavy (non-hydrogen) atoms. The number of piperidine rings is 1. The molecule has 1 saturated heterocycles. The van der Waals surface area contributed by atoms with Crippen LogP contribution >= 0.6 is 15.9 Å². The zero-order chi connectivity index (χ0) is 12.8. The molecule has 1 unspecified atom stereocenters. The van der Waals surface area contributed by atoms with Gasteiger partial charge in [0.05, 0.1) is 0 Å². The second-order valence-corrected chi connectivity index (χ2v) is 6.21. The summed E-state index contributed by atoms with van der Waals surface area (Å²) in [6, 6.07) is 6.71. The first kappa shape index (κ1) is 12.5. The summed E-state index contributed by atoms with van der Waals surface area (Å²) in [5.41, 5.74) is 2.70. The Morgan fingerprint density at radius 1 is 1.22 bits per heavy atom. The highest BCUT2D eigenvalue weighted by atomic mass is 79.9. The average Bonchev–Trinajstić information content (AvgIpc) is 2.72. The van der Waals surface area contributed by atoms with Crippen LogP contribution in [0.25, 0.3) is 0 Å². The second kappa shape index (κ2) is 4.57. The maximum absolute atomic E-state index is 13.2. The average molecular weight is 316 g/mol. The van der Waals surface area contributed by atoms with Crippen molar-refractivity contribution >= 4 is 15.9 Å². The van der Waals surface area contributed by atoms with Crippen molar-refractivity contribution in [3.8, 4) is 0 Å². The molecule has 4 heteroatoms. The van der Waals surface area contributed by atoms with Crippen molar-refractivity contribution in [2.24, 2.45) is 0 Å². The number of hydrogen-bond acceptors (Lipinski definition) is 1. The van der Waals surface area contributed by atoms with Gasteiger partial charge < -0.3 is 0 Å². The number of halogens is 3. The number of aryl methyl sites for hydroxylation is 1. The third-order valence-electron chi connectivity index (χ3n) is 4.12. The molecular formula is C14H16BrF2N. The van der Waals surface area contributed by atoms with Crippen molar-refractivity contribution in [1.82, 2.24) is 4.90 Å². The van der Waals surface area contributed by atoms with E-state index in [9.17, 15) is 8.78 Å². The van der Waals surface area contributed by atoms with Gasteiger partial charge in [-0.2, -0.15) is 0 Å². The fraction of sp³-hybridized carbons (Fsp3) is 0.571. The lowest BCUT2D eigenvalue weighted by molar-refractivity contribution is -0.0632. The first-order valence-corrected chi connectivity index (χ1v) is 7.25. The molecule has 1 heterocycles. The fourth-order valence-electron chi connectivity index (χ4n) is 3.09. The summed E-state index contributed by atoms with van der Waals surface area (Å²) < 4.78 is 27.5. The lowest BCUT2D eigenvalue weighted by atomic mass is 10.0. The molecule has 3 rings (SSSR count). The van der Waals surface area contributed by atoms with Crippen molar-refractivity contribution in [3.63, 3.8) is 0 Å². The van der Waals surface area contributed by atoms with Crippen molar-refractivity contribution in [1.29, 1.82) is 0 Å². The normalized spacial score (nSPS) is 27.2. The molecule has 1 aliphatic carbocycles. The molecule has 1 nitrogen and oxygen atoms in total. The van der Waals surface area contributed by atoms with Gasteiger partial charge in [0.15, 0.2) is 0 Å². The van der Waals surface area contributed by atoms with Crippen LogP contribution in [-0.2, 0) is 6.42 Å². The number of benzene rings is 1. The summed E-state index contributed by atoms with van der Waals surface area (Å²) in [7, 11) is 0. The summed E-state index contributed by atoms with van der Waals surface area (Å²) >= 11 is 3.50. The van der Waals surface area contributed by atoms with E-state index in [0.29, 0.717) is 19.1 Å². The van der Waals surface area contributed by atoms with Crippen LogP contribution in [0.1, 0.15) is 36.4 Å². The number of alkyl halides is 2. The maximum Gasteiger partial charge on any atom is 0.250 e. The van der Waals surface area contributed by atoms with Crippen LogP contribution in [-0.4, -0.2) is 23.9 Å². The molecule has 0 bridgehead atoms. The van der Waals surface area contributed by atoms with Crippen LogP contribution in [0, 0.1) is 0 Å². The number of fused-ring (bicyclic) bond motifs is 1. The van der Waals surface area contributed by atoms with Crippen LogP contribution in [0.5, 0.6) is 0 Å². The minimum absolute atomic E-state index is 0.00678. The highest BCUT2D eigenvalue weighted by Gasteiger charge is 2.38. The van der Waals surface area contributed by atoms with E-state index >= 15 is 0 Å². The van der Waals surface area contributed by atoms with Gasteiger partial charge in [-0.3, -0.25) is 4.90 Å². The zero-order valence-corrected chi connectivity index (χ0v) is 11.7.